The molecular weight excluding hydrogens is 460 g/mol. The Morgan fingerprint density at radius 1 is 0.658 bits per heavy atom. The van der Waals surface area contributed by atoms with Crippen LogP contribution in [0.4, 0.5) is 0 Å². The highest BCUT2D eigenvalue weighted by molar-refractivity contribution is 5.21. The topological polar surface area (TPSA) is 8.81 Å². The van der Waals surface area contributed by atoms with Gasteiger partial charge in [0, 0.05) is 6.42 Å². The molecule has 3 rings (SSSR count). The molecule has 1 aromatic heterocycles. The fourth-order valence-corrected chi connectivity index (χ4v) is 5.73. The van der Waals surface area contributed by atoms with E-state index in [4.69, 9.17) is 0 Å². The largest absolute Gasteiger partial charge is 0.261 e. The van der Waals surface area contributed by atoms with Crippen LogP contribution in [0.15, 0.2) is 66.9 Å². The molecule has 1 atom stereocenters. The monoisotopic (exact) mass is 515 g/mol. The highest BCUT2D eigenvalue weighted by Crippen LogP contribution is 2.21. The van der Waals surface area contributed by atoms with Crippen molar-refractivity contribution in [1.29, 1.82) is 0 Å². The highest BCUT2D eigenvalue weighted by atomic mass is 15.2. The Morgan fingerprint density at radius 2 is 1.21 bits per heavy atom. The lowest BCUT2D eigenvalue weighted by molar-refractivity contribution is -0.710. The Morgan fingerprint density at radius 3 is 1.82 bits per heavy atom. The third-order valence-electron chi connectivity index (χ3n) is 8.12. The number of nitrogens with zero attached hydrogens (tertiary/aromatic N) is 2. The van der Waals surface area contributed by atoms with Gasteiger partial charge < -0.3 is 0 Å². The molecule has 3 aromatic rings. The van der Waals surface area contributed by atoms with Crippen LogP contribution in [0.25, 0.3) is 0 Å². The number of aryl methyl sites for hydroxylation is 1. The van der Waals surface area contributed by atoms with E-state index >= 15 is 0 Å². The molecule has 2 heteroatoms. The summed E-state index contributed by atoms with van der Waals surface area (Å²) >= 11 is 0. The predicted molar refractivity (Wildman–Crippen MR) is 164 cm³/mol. The summed E-state index contributed by atoms with van der Waals surface area (Å²) in [4.78, 5) is 0. The van der Waals surface area contributed by atoms with Crippen LogP contribution in [-0.2, 0) is 25.9 Å². The standard InChI is InChI=1S/C36H55N2/c1-4-6-8-9-10-11-12-13-14-15-22-28-38-35(29-32(3)34-25-20-17-21-26-34)31-37(27-7-5-2)36(38)30-33-23-18-16-19-24-33/h16-21,23-26,31-32H,4-15,22,27-30H2,1-3H3/q+1. The third-order valence-corrected chi connectivity index (χ3v) is 8.12. The minimum atomic E-state index is 0.520. The van der Waals surface area contributed by atoms with Gasteiger partial charge in [0.25, 0.3) is 5.82 Å². The van der Waals surface area contributed by atoms with Gasteiger partial charge >= 0.3 is 0 Å². The molecule has 0 bridgehead atoms. The van der Waals surface area contributed by atoms with E-state index in [1.807, 2.05) is 0 Å². The minimum absolute atomic E-state index is 0.520. The summed E-state index contributed by atoms with van der Waals surface area (Å²) in [6.45, 7) is 9.27. The maximum atomic E-state index is 2.70. The van der Waals surface area contributed by atoms with Crippen molar-refractivity contribution in [3.8, 4) is 0 Å². The Kier molecular flexibility index (Phi) is 14.3. The Bertz CT molecular complexity index is 989. The number of hydrogen-bond donors (Lipinski definition) is 0. The SMILES string of the molecule is CCCCCCCCCCCCC[n+]1c(CC(C)c2ccccc2)cn(CCCC)c1Cc1ccccc1. The van der Waals surface area contributed by atoms with Gasteiger partial charge in [-0.3, -0.25) is 0 Å². The molecule has 0 aliphatic heterocycles. The summed E-state index contributed by atoms with van der Waals surface area (Å²) < 4.78 is 5.29. The van der Waals surface area contributed by atoms with Gasteiger partial charge in [-0.15, -0.1) is 0 Å². The van der Waals surface area contributed by atoms with Gasteiger partial charge in [0.15, 0.2) is 0 Å². The van der Waals surface area contributed by atoms with E-state index in [1.165, 1.54) is 106 Å². The molecule has 0 spiro atoms. The molecule has 1 unspecified atom stereocenters. The van der Waals surface area contributed by atoms with Gasteiger partial charge in [-0.05, 0) is 36.3 Å². The fraction of sp³-hybridized carbons (Fsp3) is 0.583. The molecule has 0 N–H and O–H groups in total. The van der Waals surface area contributed by atoms with Gasteiger partial charge in [0.05, 0.1) is 19.5 Å². The molecule has 0 amide bonds. The number of aromatic nitrogens is 2. The molecule has 208 valence electrons. The third kappa shape index (κ3) is 10.4. The zero-order valence-corrected chi connectivity index (χ0v) is 24.8. The molecule has 1 heterocycles. The van der Waals surface area contributed by atoms with Crippen molar-refractivity contribution in [2.45, 2.75) is 136 Å². The van der Waals surface area contributed by atoms with Crippen LogP contribution in [0, 0.1) is 0 Å². The number of rotatable bonds is 20. The van der Waals surface area contributed by atoms with Gasteiger partial charge in [-0.2, -0.15) is 0 Å². The summed E-state index contributed by atoms with van der Waals surface area (Å²) in [5, 5.41) is 0. The molecule has 2 aromatic carbocycles. The Balaban J connectivity index is 1.66. The van der Waals surface area contributed by atoms with E-state index in [1.54, 1.807) is 0 Å². The van der Waals surface area contributed by atoms with E-state index < -0.39 is 0 Å². The molecule has 2 nitrogen and oxygen atoms in total. The maximum absolute atomic E-state index is 2.70. The number of unbranched alkanes of at least 4 members (excludes halogenated alkanes) is 11. The highest BCUT2D eigenvalue weighted by Gasteiger charge is 2.24. The summed E-state index contributed by atoms with van der Waals surface area (Å²) in [7, 11) is 0. The maximum Gasteiger partial charge on any atom is 0.261 e. The first-order valence-corrected chi connectivity index (χ1v) is 15.9. The second-order valence-electron chi connectivity index (χ2n) is 11.4. The summed E-state index contributed by atoms with van der Waals surface area (Å²) in [5.74, 6) is 2.01. The van der Waals surface area contributed by atoms with Crippen LogP contribution in [0.1, 0.15) is 133 Å². The quantitative estimate of drug-likeness (QED) is 0.105. The first-order chi connectivity index (χ1) is 18.7. The van der Waals surface area contributed by atoms with Crippen LogP contribution in [0.3, 0.4) is 0 Å². The first kappa shape index (κ1) is 30.2. The normalized spacial score (nSPS) is 12.2. The molecular formula is C36H55N2+. The lowest BCUT2D eigenvalue weighted by atomic mass is 9.96. The summed E-state index contributed by atoms with van der Waals surface area (Å²) in [5.41, 5.74) is 4.37. The average molecular weight is 516 g/mol. The zero-order valence-electron chi connectivity index (χ0n) is 24.8. The molecule has 0 fully saturated rings. The fourth-order valence-electron chi connectivity index (χ4n) is 5.73. The predicted octanol–water partition coefficient (Wildman–Crippen LogP) is 9.82. The van der Waals surface area contributed by atoms with Crippen molar-refractivity contribution in [2.75, 3.05) is 0 Å². The van der Waals surface area contributed by atoms with Crippen molar-refractivity contribution in [3.05, 3.63) is 89.5 Å². The summed E-state index contributed by atoms with van der Waals surface area (Å²) in [6, 6.07) is 22.1. The minimum Gasteiger partial charge on any atom is -0.234 e. The van der Waals surface area contributed by atoms with E-state index in [-0.39, 0.29) is 0 Å². The molecule has 0 saturated heterocycles. The number of benzene rings is 2. The molecule has 0 saturated carbocycles. The zero-order chi connectivity index (χ0) is 26.8. The molecule has 38 heavy (non-hydrogen) atoms. The van der Waals surface area contributed by atoms with E-state index in [0.717, 1.165) is 25.9 Å². The average Bonchev–Trinajstić information content (AvgIpc) is 3.26. The lowest BCUT2D eigenvalue weighted by Crippen LogP contribution is -2.41. The van der Waals surface area contributed by atoms with Crippen LogP contribution >= 0.6 is 0 Å². The second-order valence-corrected chi connectivity index (χ2v) is 11.4. The Hall–Kier alpha value is -2.35. The van der Waals surface area contributed by atoms with Gasteiger partial charge in [0.1, 0.15) is 11.9 Å². The van der Waals surface area contributed by atoms with Crippen molar-refractivity contribution in [3.63, 3.8) is 0 Å². The van der Waals surface area contributed by atoms with Crippen LogP contribution in [0.5, 0.6) is 0 Å². The van der Waals surface area contributed by atoms with Crippen LogP contribution < -0.4 is 4.57 Å². The van der Waals surface area contributed by atoms with Crippen molar-refractivity contribution < 1.29 is 4.57 Å². The van der Waals surface area contributed by atoms with E-state index in [2.05, 4.69) is 96.8 Å². The molecule has 0 aliphatic rings. The van der Waals surface area contributed by atoms with Gasteiger partial charge in [-0.25, -0.2) is 9.13 Å². The van der Waals surface area contributed by atoms with Gasteiger partial charge in [0.2, 0.25) is 0 Å². The second kappa shape index (κ2) is 18.0. The number of hydrogen-bond acceptors (Lipinski definition) is 0. The van der Waals surface area contributed by atoms with Crippen molar-refractivity contribution >= 4 is 0 Å². The smallest absolute Gasteiger partial charge is 0.234 e. The molecule has 0 aliphatic carbocycles. The summed E-state index contributed by atoms with van der Waals surface area (Å²) in [6.07, 6.45) is 22.4. The Labute approximate surface area is 234 Å². The molecule has 0 radical (unpaired) electrons. The van der Waals surface area contributed by atoms with Crippen molar-refractivity contribution in [2.24, 2.45) is 0 Å². The van der Waals surface area contributed by atoms with Crippen LogP contribution in [-0.4, -0.2) is 4.57 Å². The lowest BCUT2D eigenvalue weighted by Gasteiger charge is -2.12. The van der Waals surface area contributed by atoms with Gasteiger partial charge in [-0.1, -0.05) is 146 Å². The number of imidazole rings is 1. The van der Waals surface area contributed by atoms with Crippen molar-refractivity contribution in [1.82, 2.24) is 4.57 Å². The van der Waals surface area contributed by atoms with E-state index in [0.29, 0.717) is 5.92 Å². The first-order valence-electron chi connectivity index (χ1n) is 15.9. The van der Waals surface area contributed by atoms with Crippen LogP contribution in [0.2, 0.25) is 0 Å². The van der Waals surface area contributed by atoms with E-state index in [9.17, 15) is 0 Å².